The first-order valence-corrected chi connectivity index (χ1v) is 12.9. The number of esters is 1. The number of halogens is 2. The molecule has 9 heteroatoms. The van der Waals surface area contributed by atoms with Crippen LogP contribution in [-0.2, 0) is 19.1 Å². The number of carbonyl (C=O) groups excluding carboxylic acids is 3. The van der Waals surface area contributed by atoms with Crippen molar-refractivity contribution in [2.45, 2.75) is 58.0 Å². The van der Waals surface area contributed by atoms with E-state index in [1.54, 1.807) is 13.8 Å². The highest BCUT2D eigenvalue weighted by atomic mass is 19.1. The number of fused-ring (bicyclic) bond motifs is 7. The van der Waals surface area contributed by atoms with Crippen LogP contribution in [0.25, 0.3) is 0 Å². The summed E-state index contributed by atoms with van der Waals surface area (Å²) in [5.74, 6) is -2.76. The van der Waals surface area contributed by atoms with Gasteiger partial charge >= 0.3 is 5.97 Å². The molecule has 198 valence electrons. The number of likely N-dealkylation sites (tertiary alicyclic amines) is 1. The summed E-state index contributed by atoms with van der Waals surface area (Å²) in [6.45, 7) is 5.26. The number of alkyl halides is 2. The van der Waals surface area contributed by atoms with Crippen LogP contribution in [-0.4, -0.2) is 83.4 Å². The first kappa shape index (κ1) is 25.7. The number of Topliss-reactive ketones (excluding diaryl/α,β-unsaturated/α-hetero) is 1. The van der Waals surface area contributed by atoms with Gasteiger partial charge in [0.25, 0.3) is 0 Å². The Balaban J connectivity index is 1.56. The highest BCUT2D eigenvalue weighted by molar-refractivity contribution is 6.01. The number of aliphatic hydroxyl groups excluding tert-OH is 2. The van der Waals surface area contributed by atoms with E-state index in [2.05, 4.69) is 0 Å². The SMILES string of the molecule is CCOC(=O)CN1C[C@@H]2C[C@H]3[C@@H]4C[C@H](F)C5=CC(=O)C=C[C@]5(C)[C@@]4(F)[C@@H](O)C[C@]3(C)[C@]2(C(=O)CO)C1. The highest BCUT2D eigenvalue weighted by Gasteiger charge is 2.78. The van der Waals surface area contributed by atoms with Gasteiger partial charge in [0, 0.05) is 24.4 Å². The molecule has 1 aliphatic heterocycles. The standard InChI is InChI=1S/C27H35F2NO6/c1-4-36-23(35)12-30-11-15-7-17-18-9-20(28)19-8-16(32)5-6-24(19,2)27(18,29)21(33)10-25(17,3)26(15,14-30)22(34)13-31/h5-6,8,15,17-18,20-21,31,33H,4,7,9-14H2,1-3H3/t15-,17-,18-,20-,21-,24-,25-,26+,27-/m0/s1. The molecule has 7 nitrogen and oxygen atoms in total. The molecular weight excluding hydrogens is 472 g/mol. The number of hydrogen-bond acceptors (Lipinski definition) is 7. The highest BCUT2D eigenvalue weighted by Crippen LogP contribution is 2.74. The summed E-state index contributed by atoms with van der Waals surface area (Å²) in [6.07, 6.45) is 0.960. The van der Waals surface area contributed by atoms with Crippen molar-refractivity contribution in [1.29, 1.82) is 0 Å². The van der Waals surface area contributed by atoms with Crippen molar-refractivity contribution in [2.75, 3.05) is 32.8 Å². The van der Waals surface area contributed by atoms with Gasteiger partial charge in [-0.3, -0.25) is 19.3 Å². The molecule has 1 saturated heterocycles. The van der Waals surface area contributed by atoms with Crippen molar-refractivity contribution in [2.24, 2.45) is 34.0 Å². The maximum Gasteiger partial charge on any atom is 0.320 e. The Morgan fingerprint density at radius 2 is 1.97 bits per heavy atom. The monoisotopic (exact) mass is 507 g/mol. The number of allylic oxidation sites excluding steroid dienone is 4. The molecule has 3 saturated carbocycles. The van der Waals surface area contributed by atoms with Crippen LogP contribution in [0.4, 0.5) is 8.78 Å². The molecule has 0 aromatic rings. The van der Waals surface area contributed by atoms with E-state index >= 15 is 8.78 Å². The van der Waals surface area contributed by atoms with Gasteiger partial charge in [-0.05, 0) is 68.1 Å². The summed E-state index contributed by atoms with van der Waals surface area (Å²) in [6, 6.07) is 0. The van der Waals surface area contributed by atoms with Gasteiger partial charge in [0.2, 0.25) is 0 Å². The fraction of sp³-hybridized carbons (Fsp3) is 0.741. The van der Waals surface area contributed by atoms with Crippen LogP contribution in [0.5, 0.6) is 0 Å². The van der Waals surface area contributed by atoms with Crippen LogP contribution in [0, 0.1) is 34.0 Å². The Labute approximate surface area is 209 Å². The quantitative estimate of drug-likeness (QED) is 0.549. The summed E-state index contributed by atoms with van der Waals surface area (Å²) in [5, 5.41) is 21.5. The van der Waals surface area contributed by atoms with Gasteiger partial charge in [0.05, 0.1) is 24.7 Å². The fourth-order valence-corrected chi connectivity index (χ4v) is 9.03. The molecule has 4 aliphatic carbocycles. The Morgan fingerprint density at radius 1 is 1.25 bits per heavy atom. The van der Waals surface area contributed by atoms with Gasteiger partial charge in [-0.2, -0.15) is 0 Å². The summed E-state index contributed by atoms with van der Waals surface area (Å²) in [5.41, 5.74) is -5.63. The number of ketones is 2. The molecule has 0 amide bonds. The van der Waals surface area contributed by atoms with E-state index in [1.807, 2.05) is 11.8 Å². The average molecular weight is 508 g/mol. The molecule has 1 heterocycles. The van der Waals surface area contributed by atoms with Crippen LogP contribution >= 0.6 is 0 Å². The Bertz CT molecular complexity index is 1060. The number of ether oxygens (including phenoxy) is 1. The number of hydrogen-bond donors (Lipinski definition) is 2. The molecule has 0 aromatic heterocycles. The summed E-state index contributed by atoms with van der Waals surface area (Å²) >= 11 is 0. The predicted octanol–water partition coefficient (Wildman–Crippen LogP) is 1.96. The van der Waals surface area contributed by atoms with Crippen molar-refractivity contribution >= 4 is 17.5 Å². The van der Waals surface area contributed by atoms with E-state index in [1.165, 1.54) is 12.2 Å². The van der Waals surface area contributed by atoms with Crippen LogP contribution in [0.2, 0.25) is 0 Å². The van der Waals surface area contributed by atoms with Crippen molar-refractivity contribution in [3.05, 3.63) is 23.8 Å². The zero-order chi connectivity index (χ0) is 26.3. The second-order valence-corrected chi connectivity index (χ2v) is 11.8. The minimum Gasteiger partial charge on any atom is -0.465 e. The molecule has 36 heavy (non-hydrogen) atoms. The van der Waals surface area contributed by atoms with Gasteiger partial charge < -0.3 is 14.9 Å². The molecule has 0 spiro atoms. The first-order chi connectivity index (χ1) is 16.9. The van der Waals surface area contributed by atoms with E-state index in [0.717, 1.165) is 6.08 Å². The summed E-state index contributed by atoms with van der Waals surface area (Å²) < 4.78 is 38.0. The third-order valence-electron chi connectivity index (χ3n) is 10.5. The van der Waals surface area contributed by atoms with E-state index in [9.17, 15) is 24.6 Å². The molecule has 5 aliphatic rings. The minimum atomic E-state index is -2.21. The third kappa shape index (κ3) is 3.02. The topological polar surface area (TPSA) is 104 Å². The number of carbonyl (C=O) groups is 3. The van der Waals surface area contributed by atoms with Crippen LogP contribution < -0.4 is 0 Å². The van der Waals surface area contributed by atoms with Crippen LogP contribution in [0.3, 0.4) is 0 Å². The Morgan fingerprint density at radius 3 is 2.64 bits per heavy atom. The van der Waals surface area contributed by atoms with Gasteiger partial charge in [-0.1, -0.05) is 13.0 Å². The van der Waals surface area contributed by atoms with Crippen molar-refractivity contribution in [1.82, 2.24) is 4.90 Å². The molecule has 0 aromatic carbocycles. The van der Waals surface area contributed by atoms with Gasteiger partial charge in [0.15, 0.2) is 17.2 Å². The Kier molecular flexibility index (Phi) is 5.89. The second kappa shape index (κ2) is 8.27. The van der Waals surface area contributed by atoms with Crippen molar-refractivity contribution in [3.63, 3.8) is 0 Å². The molecular formula is C27H35F2NO6. The lowest BCUT2D eigenvalue weighted by Crippen LogP contribution is -2.69. The van der Waals surface area contributed by atoms with Crippen molar-refractivity contribution in [3.8, 4) is 0 Å². The summed E-state index contributed by atoms with van der Waals surface area (Å²) in [7, 11) is 0. The van der Waals surface area contributed by atoms with Gasteiger partial charge in [-0.25, -0.2) is 8.78 Å². The molecule has 5 rings (SSSR count). The molecule has 0 radical (unpaired) electrons. The van der Waals surface area contributed by atoms with E-state index in [-0.39, 0.29) is 49.8 Å². The number of nitrogens with zero attached hydrogens (tertiary/aromatic N) is 1. The van der Waals surface area contributed by atoms with Crippen molar-refractivity contribution < 1.29 is 38.1 Å². The lowest BCUT2D eigenvalue weighted by molar-refractivity contribution is -0.212. The Hall–Kier alpha value is -1.97. The van der Waals surface area contributed by atoms with E-state index in [0.29, 0.717) is 13.0 Å². The largest absolute Gasteiger partial charge is 0.465 e. The maximum absolute atomic E-state index is 17.3. The summed E-state index contributed by atoms with van der Waals surface area (Å²) in [4.78, 5) is 39.5. The molecule has 9 atom stereocenters. The zero-order valence-corrected chi connectivity index (χ0v) is 21.0. The van der Waals surface area contributed by atoms with E-state index < -0.39 is 64.4 Å². The smallest absolute Gasteiger partial charge is 0.320 e. The second-order valence-electron chi connectivity index (χ2n) is 11.8. The fourth-order valence-electron chi connectivity index (χ4n) is 9.03. The predicted molar refractivity (Wildman–Crippen MR) is 125 cm³/mol. The lowest BCUT2D eigenvalue weighted by atomic mass is 9.43. The molecule has 2 N–H and O–H groups in total. The van der Waals surface area contributed by atoms with E-state index in [4.69, 9.17) is 4.74 Å². The van der Waals surface area contributed by atoms with Crippen LogP contribution in [0.1, 0.15) is 40.0 Å². The third-order valence-corrected chi connectivity index (χ3v) is 10.5. The van der Waals surface area contributed by atoms with Crippen LogP contribution in [0.15, 0.2) is 23.8 Å². The number of rotatable bonds is 5. The minimum absolute atomic E-state index is 0.00216. The van der Waals surface area contributed by atoms with Gasteiger partial charge in [-0.15, -0.1) is 0 Å². The normalized spacial score (nSPS) is 47.5. The first-order valence-electron chi connectivity index (χ1n) is 12.9. The molecule has 0 bridgehead atoms. The zero-order valence-electron chi connectivity index (χ0n) is 21.0. The molecule has 0 unspecified atom stereocenters. The molecule has 4 fully saturated rings. The maximum atomic E-state index is 17.3. The average Bonchev–Trinajstić information content (AvgIpc) is 3.29. The van der Waals surface area contributed by atoms with Gasteiger partial charge in [0.1, 0.15) is 12.8 Å². The lowest BCUT2D eigenvalue weighted by Gasteiger charge is -2.63. The number of aliphatic hydroxyl groups is 2.